The lowest BCUT2D eigenvalue weighted by Crippen LogP contribution is -2.32. The number of carbonyl (C=O) groups is 1. The van der Waals surface area contributed by atoms with Crippen molar-refractivity contribution in [3.05, 3.63) is 59.2 Å². The number of methoxy groups -OCH3 is 1. The maximum Gasteiger partial charge on any atom is 0.181 e. The van der Waals surface area contributed by atoms with Gasteiger partial charge in [-0.1, -0.05) is 30.3 Å². The molecule has 1 atom stereocenters. The number of ether oxygens (including phenoxy) is 1. The first-order valence-electron chi connectivity index (χ1n) is 5.64. The topological polar surface area (TPSA) is 26.3 Å². The van der Waals surface area contributed by atoms with Gasteiger partial charge in [-0.3, -0.25) is 4.79 Å². The molecule has 0 N–H and O–H groups in total. The molecule has 2 rings (SSSR count). The monoisotopic (exact) mass is 228 g/mol. The summed E-state index contributed by atoms with van der Waals surface area (Å²) in [4.78, 5) is 11.6. The van der Waals surface area contributed by atoms with E-state index in [2.05, 4.69) is 0 Å². The van der Waals surface area contributed by atoms with Gasteiger partial charge in [-0.2, -0.15) is 0 Å². The highest BCUT2D eigenvalue weighted by molar-refractivity contribution is 6.05. The van der Waals surface area contributed by atoms with Crippen molar-refractivity contribution in [2.24, 2.45) is 0 Å². The SMILES string of the molecule is COC1(c2ccccc2)C=CC(=O)C(C)=C1C. The number of hydrogen-bond acceptors (Lipinski definition) is 2. The Morgan fingerprint density at radius 1 is 1.12 bits per heavy atom. The van der Waals surface area contributed by atoms with Crippen molar-refractivity contribution in [3.8, 4) is 0 Å². The molecular formula is C15H16O2. The number of hydrogen-bond donors (Lipinski definition) is 0. The molecule has 0 radical (unpaired) electrons. The van der Waals surface area contributed by atoms with Crippen LogP contribution in [-0.2, 0) is 15.1 Å². The smallest absolute Gasteiger partial charge is 0.181 e. The zero-order chi connectivity index (χ0) is 12.5. The van der Waals surface area contributed by atoms with Gasteiger partial charge in [0, 0.05) is 7.11 Å². The van der Waals surface area contributed by atoms with E-state index in [0.29, 0.717) is 0 Å². The minimum Gasteiger partial charge on any atom is -0.365 e. The van der Waals surface area contributed by atoms with Crippen molar-refractivity contribution in [3.63, 3.8) is 0 Å². The lowest BCUT2D eigenvalue weighted by atomic mass is 9.79. The van der Waals surface area contributed by atoms with Gasteiger partial charge in [-0.05, 0) is 42.7 Å². The summed E-state index contributed by atoms with van der Waals surface area (Å²) in [5, 5.41) is 0. The first kappa shape index (κ1) is 11.8. The second kappa shape index (κ2) is 4.30. The maximum absolute atomic E-state index is 11.6. The molecule has 2 nitrogen and oxygen atoms in total. The summed E-state index contributed by atoms with van der Waals surface area (Å²) in [6.07, 6.45) is 3.44. The molecule has 1 aromatic carbocycles. The average molecular weight is 228 g/mol. The Hall–Kier alpha value is -1.67. The molecule has 2 heteroatoms. The van der Waals surface area contributed by atoms with Gasteiger partial charge in [0.1, 0.15) is 5.60 Å². The fourth-order valence-corrected chi connectivity index (χ4v) is 2.24. The van der Waals surface area contributed by atoms with Crippen LogP contribution >= 0.6 is 0 Å². The largest absolute Gasteiger partial charge is 0.365 e. The molecule has 1 aromatic rings. The molecular weight excluding hydrogens is 212 g/mol. The van der Waals surface area contributed by atoms with Gasteiger partial charge in [0.25, 0.3) is 0 Å². The molecule has 0 aromatic heterocycles. The van der Waals surface area contributed by atoms with Gasteiger partial charge in [0.15, 0.2) is 5.78 Å². The van der Waals surface area contributed by atoms with Crippen LogP contribution in [0.1, 0.15) is 19.4 Å². The summed E-state index contributed by atoms with van der Waals surface area (Å²) in [5.41, 5.74) is 2.17. The van der Waals surface area contributed by atoms with Gasteiger partial charge in [-0.15, -0.1) is 0 Å². The molecule has 0 bridgehead atoms. The van der Waals surface area contributed by atoms with E-state index in [1.54, 1.807) is 13.2 Å². The van der Waals surface area contributed by atoms with Gasteiger partial charge in [-0.25, -0.2) is 0 Å². The number of ketones is 1. The highest BCUT2D eigenvalue weighted by Gasteiger charge is 2.35. The Morgan fingerprint density at radius 2 is 1.76 bits per heavy atom. The fraction of sp³-hybridized carbons (Fsp3) is 0.267. The van der Waals surface area contributed by atoms with Crippen molar-refractivity contribution in [1.29, 1.82) is 0 Å². The van der Waals surface area contributed by atoms with E-state index < -0.39 is 5.60 Å². The molecule has 0 fully saturated rings. The van der Waals surface area contributed by atoms with E-state index in [1.807, 2.05) is 50.3 Å². The van der Waals surface area contributed by atoms with Crippen LogP contribution in [0.15, 0.2) is 53.6 Å². The van der Waals surface area contributed by atoms with Crippen LogP contribution in [0.5, 0.6) is 0 Å². The number of carbonyl (C=O) groups excluding carboxylic acids is 1. The Morgan fingerprint density at radius 3 is 2.35 bits per heavy atom. The van der Waals surface area contributed by atoms with Gasteiger partial charge < -0.3 is 4.74 Å². The quantitative estimate of drug-likeness (QED) is 0.777. The Bertz CT molecular complexity index is 497. The van der Waals surface area contributed by atoms with Gasteiger partial charge in [0.05, 0.1) is 0 Å². The average Bonchev–Trinajstić information content (AvgIpc) is 2.38. The summed E-state index contributed by atoms with van der Waals surface area (Å²) in [6.45, 7) is 3.80. The minimum atomic E-state index is -0.598. The third kappa shape index (κ3) is 1.75. The van der Waals surface area contributed by atoms with Crippen LogP contribution < -0.4 is 0 Å². The number of benzene rings is 1. The zero-order valence-corrected chi connectivity index (χ0v) is 10.4. The predicted octanol–water partition coefficient (Wildman–Crippen LogP) is 3.00. The Balaban J connectivity index is 2.61. The van der Waals surface area contributed by atoms with E-state index in [1.165, 1.54) is 0 Å². The summed E-state index contributed by atoms with van der Waals surface area (Å²) in [7, 11) is 1.67. The standard InChI is InChI=1S/C15H16O2/c1-11-12(2)15(17-3,10-9-14(11)16)13-7-5-4-6-8-13/h4-10H,1-3H3. The Kier molecular flexibility index (Phi) is 2.99. The van der Waals surface area contributed by atoms with E-state index in [9.17, 15) is 4.79 Å². The summed E-state index contributed by atoms with van der Waals surface area (Å²) >= 11 is 0. The molecule has 0 saturated carbocycles. The van der Waals surface area contributed by atoms with Crippen LogP contribution in [0, 0.1) is 0 Å². The van der Waals surface area contributed by atoms with E-state index >= 15 is 0 Å². The van der Waals surface area contributed by atoms with Gasteiger partial charge >= 0.3 is 0 Å². The molecule has 0 aliphatic heterocycles. The molecule has 17 heavy (non-hydrogen) atoms. The molecule has 1 aliphatic carbocycles. The first-order valence-corrected chi connectivity index (χ1v) is 5.64. The van der Waals surface area contributed by atoms with E-state index in [-0.39, 0.29) is 5.78 Å². The second-order valence-corrected chi connectivity index (χ2v) is 4.25. The predicted molar refractivity (Wildman–Crippen MR) is 67.7 cm³/mol. The lowest BCUT2D eigenvalue weighted by Gasteiger charge is -2.34. The van der Waals surface area contributed by atoms with E-state index in [4.69, 9.17) is 4.74 Å². The summed E-state index contributed by atoms with van der Waals surface area (Å²) < 4.78 is 5.70. The van der Waals surface area contributed by atoms with Crippen LogP contribution in [0.25, 0.3) is 0 Å². The maximum atomic E-state index is 11.6. The number of allylic oxidation sites excluding steroid dienone is 2. The molecule has 0 spiro atoms. The molecule has 1 unspecified atom stereocenters. The van der Waals surface area contributed by atoms with Crippen molar-refractivity contribution >= 4 is 5.78 Å². The van der Waals surface area contributed by atoms with Crippen LogP contribution in [0.4, 0.5) is 0 Å². The zero-order valence-electron chi connectivity index (χ0n) is 10.4. The van der Waals surface area contributed by atoms with Crippen molar-refractivity contribution < 1.29 is 9.53 Å². The minimum absolute atomic E-state index is 0.0612. The molecule has 1 aliphatic rings. The van der Waals surface area contributed by atoms with Gasteiger partial charge in [0.2, 0.25) is 0 Å². The number of rotatable bonds is 2. The summed E-state index contributed by atoms with van der Waals surface area (Å²) in [5.74, 6) is 0.0612. The van der Waals surface area contributed by atoms with Crippen molar-refractivity contribution in [2.75, 3.05) is 7.11 Å². The highest BCUT2D eigenvalue weighted by Crippen LogP contribution is 2.38. The first-order chi connectivity index (χ1) is 8.12. The fourth-order valence-electron chi connectivity index (χ4n) is 2.24. The third-order valence-corrected chi connectivity index (χ3v) is 3.48. The normalized spacial score (nSPS) is 24.3. The van der Waals surface area contributed by atoms with Crippen LogP contribution in [-0.4, -0.2) is 12.9 Å². The highest BCUT2D eigenvalue weighted by atomic mass is 16.5. The molecule has 88 valence electrons. The molecule has 0 amide bonds. The molecule has 0 heterocycles. The molecule has 0 saturated heterocycles. The summed E-state index contributed by atoms with van der Waals surface area (Å²) in [6, 6.07) is 9.95. The Labute approximate surface area is 102 Å². The van der Waals surface area contributed by atoms with Crippen LogP contribution in [0.3, 0.4) is 0 Å². The van der Waals surface area contributed by atoms with E-state index in [0.717, 1.165) is 16.7 Å². The van der Waals surface area contributed by atoms with Crippen LogP contribution in [0.2, 0.25) is 0 Å². The van der Waals surface area contributed by atoms with Crippen molar-refractivity contribution in [2.45, 2.75) is 19.4 Å². The lowest BCUT2D eigenvalue weighted by molar-refractivity contribution is -0.111. The van der Waals surface area contributed by atoms with Crippen molar-refractivity contribution in [1.82, 2.24) is 0 Å². The third-order valence-electron chi connectivity index (χ3n) is 3.48. The second-order valence-electron chi connectivity index (χ2n) is 4.25.